The fourth-order valence-electron chi connectivity index (χ4n) is 2.37. The average Bonchev–Trinajstić information content (AvgIpc) is 3.08. The molecule has 0 atom stereocenters. The largest absolute Gasteiger partial charge is 0.382 e. The van der Waals surface area contributed by atoms with Gasteiger partial charge in [0.1, 0.15) is 5.76 Å². The summed E-state index contributed by atoms with van der Waals surface area (Å²) in [6, 6.07) is 10.6. The number of hydrogen-bond acceptors (Lipinski definition) is 6. The van der Waals surface area contributed by atoms with Gasteiger partial charge in [0.05, 0.1) is 6.54 Å². The first kappa shape index (κ1) is 21.8. The van der Waals surface area contributed by atoms with Crippen molar-refractivity contribution < 1.29 is 22.5 Å². The van der Waals surface area contributed by atoms with E-state index in [0.717, 1.165) is 15.3 Å². The van der Waals surface area contributed by atoms with E-state index in [1.54, 1.807) is 25.1 Å². The molecule has 9 heteroatoms. The van der Waals surface area contributed by atoms with Gasteiger partial charge in [-0.3, -0.25) is 4.79 Å². The summed E-state index contributed by atoms with van der Waals surface area (Å²) in [5.41, 5.74) is 0.753. The van der Waals surface area contributed by atoms with Gasteiger partial charge in [0.2, 0.25) is 15.9 Å². The van der Waals surface area contributed by atoms with Crippen molar-refractivity contribution in [1.29, 1.82) is 0 Å². The number of aromatic nitrogens is 1. The molecule has 0 saturated heterocycles. The van der Waals surface area contributed by atoms with E-state index in [1.165, 1.54) is 6.08 Å². The zero-order chi connectivity index (χ0) is 20.4. The summed E-state index contributed by atoms with van der Waals surface area (Å²) in [6.45, 7) is 4.35. The highest BCUT2D eigenvalue weighted by atomic mass is 32.2. The highest BCUT2D eigenvalue weighted by molar-refractivity contribution is 7.92. The second kappa shape index (κ2) is 10.7. The number of carbonyl (C=O) groups is 1. The van der Waals surface area contributed by atoms with Crippen molar-refractivity contribution in [3.8, 4) is 0 Å². The summed E-state index contributed by atoms with van der Waals surface area (Å²) in [5, 5.41) is 7.32. The number of nitrogens with zero attached hydrogens (tertiary/aromatic N) is 2. The Morgan fingerprint density at radius 2 is 2.07 bits per heavy atom. The van der Waals surface area contributed by atoms with Crippen LogP contribution in [-0.2, 0) is 19.6 Å². The van der Waals surface area contributed by atoms with Crippen LogP contribution < -0.4 is 5.32 Å². The minimum absolute atomic E-state index is 0.159. The molecule has 1 aromatic heterocycles. The molecule has 1 amide bonds. The minimum Gasteiger partial charge on any atom is -0.382 e. The van der Waals surface area contributed by atoms with Crippen molar-refractivity contribution in [2.45, 2.75) is 20.3 Å². The van der Waals surface area contributed by atoms with E-state index in [9.17, 15) is 13.2 Å². The van der Waals surface area contributed by atoms with E-state index in [-0.39, 0.29) is 18.9 Å². The Labute approximate surface area is 165 Å². The van der Waals surface area contributed by atoms with Gasteiger partial charge in [-0.2, -0.15) is 4.31 Å². The van der Waals surface area contributed by atoms with Crippen molar-refractivity contribution in [1.82, 2.24) is 9.46 Å². The maximum Gasteiger partial charge on any atom is 0.240 e. The van der Waals surface area contributed by atoms with Crippen LogP contribution >= 0.6 is 0 Å². The van der Waals surface area contributed by atoms with E-state index < -0.39 is 15.9 Å². The van der Waals surface area contributed by atoms with Crippen LogP contribution in [0.3, 0.4) is 0 Å². The van der Waals surface area contributed by atoms with Crippen molar-refractivity contribution in [2.75, 3.05) is 31.6 Å². The molecule has 0 saturated carbocycles. The number of carbonyl (C=O) groups excluding carboxylic acids is 1. The lowest BCUT2D eigenvalue weighted by Crippen LogP contribution is -2.38. The van der Waals surface area contributed by atoms with Gasteiger partial charge in [0.25, 0.3) is 0 Å². The number of hydrogen-bond donors (Lipinski definition) is 1. The van der Waals surface area contributed by atoms with Gasteiger partial charge >= 0.3 is 0 Å². The minimum atomic E-state index is -3.80. The molecular weight excluding hydrogens is 382 g/mol. The Morgan fingerprint density at radius 3 is 2.71 bits per heavy atom. The molecule has 0 fully saturated rings. The molecule has 0 unspecified atom stereocenters. The van der Waals surface area contributed by atoms with Gasteiger partial charge in [-0.05, 0) is 31.9 Å². The Kier molecular flexibility index (Phi) is 8.37. The number of sulfonamides is 1. The van der Waals surface area contributed by atoms with Crippen LogP contribution in [0.2, 0.25) is 0 Å². The number of nitrogens with one attached hydrogen (secondary N) is 1. The molecule has 1 N–H and O–H groups in total. The summed E-state index contributed by atoms with van der Waals surface area (Å²) in [4.78, 5) is 12.3. The Bertz CT molecular complexity index is 878. The maximum absolute atomic E-state index is 12.7. The van der Waals surface area contributed by atoms with Crippen LogP contribution in [0.1, 0.15) is 24.7 Å². The van der Waals surface area contributed by atoms with Crippen LogP contribution in [-0.4, -0.2) is 50.1 Å². The summed E-state index contributed by atoms with van der Waals surface area (Å²) in [6.07, 6.45) is 1.98. The third-order valence-corrected chi connectivity index (χ3v) is 5.22. The van der Waals surface area contributed by atoms with E-state index in [2.05, 4.69) is 10.5 Å². The summed E-state index contributed by atoms with van der Waals surface area (Å²) >= 11 is 0. The van der Waals surface area contributed by atoms with Crippen molar-refractivity contribution in [3.63, 3.8) is 0 Å². The normalized spacial score (nSPS) is 12.0. The molecule has 0 aliphatic heterocycles. The van der Waals surface area contributed by atoms with E-state index in [1.807, 2.05) is 25.1 Å². The molecule has 0 bridgehead atoms. The predicted molar refractivity (Wildman–Crippen MR) is 107 cm³/mol. The van der Waals surface area contributed by atoms with Gasteiger partial charge < -0.3 is 14.6 Å². The molecule has 152 valence electrons. The Hall–Kier alpha value is -2.49. The first-order valence-electron chi connectivity index (χ1n) is 8.95. The number of ether oxygens (including phenoxy) is 1. The highest BCUT2D eigenvalue weighted by Gasteiger charge is 2.22. The van der Waals surface area contributed by atoms with Crippen LogP contribution in [0.4, 0.5) is 5.82 Å². The molecule has 0 aliphatic rings. The van der Waals surface area contributed by atoms with Gasteiger partial charge in [0.15, 0.2) is 5.82 Å². The quantitative estimate of drug-likeness (QED) is 0.575. The lowest BCUT2D eigenvalue weighted by Gasteiger charge is -2.19. The number of rotatable bonds is 11. The van der Waals surface area contributed by atoms with E-state index in [0.29, 0.717) is 25.4 Å². The van der Waals surface area contributed by atoms with Gasteiger partial charge in [-0.15, -0.1) is 0 Å². The molecule has 2 rings (SSSR count). The average molecular weight is 407 g/mol. The molecule has 0 radical (unpaired) electrons. The molecule has 1 heterocycles. The molecule has 28 heavy (non-hydrogen) atoms. The fourth-order valence-corrected chi connectivity index (χ4v) is 3.55. The Morgan fingerprint density at radius 1 is 1.32 bits per heavy atom. The Balaban J connectivity index is 2.07. The molecule has 2 aromatic rings. The van der Waals surface area contributed by atoms with Gasteiger partial charge in [-0.25, -0.2) is 8.42 Å². The number of benzene rings is 1. The van der Waals surface area contributed by atoms with Crippen LogP contribution in [0.15, 0.2) is 46.3 Å². The topological polar surface area (TPSA) is 102 Å². The summed E-state index contributed by atoms with van der Waals surface area (Å²) in [7, 11) is -3.80. The molecule has 0 aliphatic carbocycles. The fraction of sp³-hybridized carbons (Fsp3) is 0.368. The summed E-state index contributed by atoms with van der Waals surface area (Å²) in [5.74, 6) is 0.290. The smallest absolute Gasteiger partial charge is 0.240 e. The SMILES string of the molecule is CCOCCCN(CC(=O)Nc1cc(C)on1)S(=O)(=O)/C=C/c1ccccc1. The molecule has 0 spiro atoms. The number of amides is 1. The first-order valence-corrected chi connectivity index (χ1v) is 10.4. The number of aryl methyl sites for hydroxylation is 1. The zero-order valence-corrected chi connectivity index (χ0v) is 16.8. The third-order valence-electron chi connectivity index (χ3n) is 3.71. The standard InChI is InChI=1S/C19H25N3O5S/c1-3-26-12-7-11-22(15-19(23)20-18-14-16(2)27-21-18)28(24,25)13-10-17-8-5-4-6-9-17/h4-6,8-10,13-14H,3,7,11-12,15H2,1-2H3,(H,20,21,23)/b13-10+. The van der Waals surface area contributed by atoms with E-state index in [4.69, 9.17) is 9.26 Å². The molecule has 8 nitrogen and oxygen atoms in total. The second-order valence-corrected chi connectivity index (χ2v) is 7.83. The first-order chi connectivity index (χ1) is 13.4. The van der Waals surface area contributed by atoms with Crippen molar-refractivity contribution in [2.24, 2.45) is 0 Å². The maximum atomic E-state index is 12.7. The third kappa shape index (κ3) is 7.26. The molecular formula is C19H25N3O5S. The van der Waals surface area contributed by atoms with E-state index >= 15 is 0 Å². The van der Waals surface area contributed by atoms with Gasteiger partial charge in [0, 0.05) is 31.2 Å². The van der Waals surface area contributed by atoms with Crippen LogP contribution in [0.25, 0.3) is 6.08 Å². The van der Waals surface area contributed by atoms with Gasteiger partial charge in [-0.1, -0.05) is 35.5 Å². The molecule has 1 aromatic carbocycles. The van der Waals surface area contributed by atoms with Crippen molar-refractivity contribution in [3.05, 3.63) is 53.1 Å². The zero-order valence-electron chi connectivity index (χ0n) is 16.0. The second-order valence-electron chi connectivity index (χ2n) is 6.01. The lowest BCUT2D eigenvalue weighted by molar-refractivity contribution is -0.116. The summed E-state index contributed by atoms with van der Waals surface area (Å²) < 4.78 is 36.8. The number of anilines is 1. The lowest BCUT2D eigenvalue weighted by atomic mass is 10.2. The highest BCUT2D eigenvalue weighted by Crippen LogP contribution is 2.11. The van der Waals surface area contributed by atoms with Crippen molar-refractivity contribution >= 4 is 27.8 Å². The monoisotopic (exact) mass is 407 g/mol. The van der Waals surface area contributed by atoms with Crippen LogP contribution in [0.5, 0.6) is 0 Å². The predicted octanol–water partition coefficient (Wildman–Crippen LogP) is 2.65. The van der Waals surface area contributed by atoms with Crippen LogP contribution in [0, 0.1) is 6.92 Å².